The van der Waals surface area contributed by atoms with Crippen LogP contribution in [0.4, 0.5) is 0 Å². The summed E-state index contributed by atoms with van der Waals surface area (Å²) < 4.78 is 1.88. The smallest absolute Gasteiger partial charge is 0.222 e. The number of aryl methyl sites for hydroxylation is 1. The lowest BCUT2D eigenvalue weighted by Crippen LogP contribution is -2.40. The van der Waals surface area contributed by atoms with Gasteiger partial charge in [-0.2, -0.15) is 5.10 Å². The summed E-state index contributed by atoms with van der Waals surface area (Å²) in [4.78, 5) is 18.6. The first-order chi connectivity index (χ1) is 11.9. The highest BCUT2D eigenvalue weighted by Gasteiger charge is 2.24. The largest absolute Gasteiger partial charge is 0.341 e. The van der Waals surface area contributed by atoms with Crippen molar-refractivity contribution in [2.75, 3.05) is 13.1 Å². The maximum Gasteiger partial charge on any atom is 0.222 e. The molecule has 0 aliphatic carbocycles. The van der Waals surface area contributed by atoms with Gasteiger partial charge in [-0.25, -0.2) is 9.67 Å². The van der Waals surface area contributed by atoms with Crippen LogP contribution >= 0.6 is 0 Å². The number of likely N-dealkylation sites (tertiary alicyclic amines) is 1. The summed E-state index contributed by atoms with van der Waals surface area (Å²) in [5, 5.41) is 4.22. The van der Waals surface area contributed by atoms with Gasteiger partial charge in [0.15, 0.2) is 0 Å². The van der Waals surface area contributed by atoms with Crippen molar-refractivity contribution in [3.8, 4) is 0 Å². The third kappa shape index (κ3) is 4.47. The Morgan fingerprint density at radius 1 is 1.24 bits per heavy atom. The predicted molar refractivity (Wildman–Crippen MR) is 98.3 cm³/mol. The van der Waals surface area contributed by atoms with Crippen molar-refractivity contribution < 1.29 is 4.79 Å². The molecule has 1 fully saturated rings. The second-order valence-electron chi connectivity index (χ2n) is 7.96. The van der Waals surface area contributed by atoms with Crippen molar-refractivity contribution in [3.63, 3.8) is 0 Å². The summed E-state index contributed by atoms with van der Waals surface area (Å²) in [6, 6.07) is 8.93. The molecule has 3 rings (SSSR count). The fourth-order valence-electron chi connectivity index (χ4n) is 3.38. The van der Waals surface area contributed by atoms with Crippen LogP contribution in [-0.4, -0.2) is 38.7 Å². The molecule has 1 aromatic carbocycles. The molecule has 1 aliphatic heterocycles. The molecule has 1 saturated heterocycles. The molecular weight excluding hydrogens is 312 g/mol. The highest BCUT2D eigenvalue weighted by atomic mass is 16.2. The van der Waals surface area contributed by atoms with E-state index in [4.69, 9.17) is 0 Å². The molecule has 1 aromatic heterocycles. The Kier molecular flexibility index (Phi) is 5.21. The first kappa shape index (κ1) is 17.6. The van der Waals surface area contributed by atoms with E-state index >= 15 is 0 Å². The van der Waals surface area contributed by atoms with Crippen LogP contribution in [0.3, 0.4) is 0 Å². The number of hydrogen-bond donors (Lipinski definition) is 0. The van der Waals surface area contributed by atoms with Crippen LogP contribution in [0.1, 0.15) is 57.2 Å². The molecule has 5 heteroatoms. The number of rotatable bonds is 4. The summed E-state index contributed by atoms with van der Waals surface area (Å²) in [5.74, 6) is 0.240. The standard InChI is InChI=1S/C20H28N4O/c1-20(2,3)17-9-6-16(7-10-17)8-11-19(25)23-12-4-5-18(13-23)24-15-21-14-22-24/h6-7,9-10,14-15,18H,4-5,8,11-13H2,1-3H3. The molecule has 5 nitrogen and oxygen atoms in total. The van der Waals surface area contributed by atoms with Gasteiger partial charge in [-0.05, 0) is 35.8 Å². The second kappa shape index (κ2) is 7.38. The van der Waals surface area contributed by atoms with E-state index in [9.17, 15) is 4.79 Å². The first-order valence-corrected chi connectivity index (χ1v) is 9.15. The quantitative estimate of drug-likeness (QED) is 0.857. The van der Waals surface area contributed by atoms with Gasteiger partial charge >= 0.3 is 0 Å². The molecule has 0 radical (unpaired) electrons. The molecule has 0 bridgehead atoms. The van der Waals surface area contributed by atoms with E-state index in [1.165, 1.54) is 11.1 Å². The Morgan fingerprint density at radius 3 is 2.64 bits per heavy atom. The molecule has 1 amide bonds. The molecule has 0 N–H and O–H groups in total. The summed E-state index contributed by atoms with van der Waals surface area (Å²) in [7, 11) is 0. The number of carbonyl (C=O) groups excluding carboxylic acids is 1. The van der Waals surface area contributed by atoms with Crippen LogP contribution in [-0.2, 0) is 16.6 Å². The fourth-order valence-corrected chi connectivity index (χ4v) is 3.38. The van der Waals surface area contributed by atoms with Crippen LogP contribution < -0.4 is 0 Å². The number of piperidine rings is 1. The molecule has 1 atom stereocenters. The van der Waals surface area contributed by atoms with Gasteiger partial charge in [-0.1, -0.05) is 45.0 Å². The van der Waals surface area contributed by atoms with Gasteiger partial charge < -0.3 is 4.90 Å². The van der Waals surface area contributed by atoms with E-state index in [1.807, 2.05) is 9.58 Å². The molecule has 0 saturated carbocycles. The maximum atomic E-state index is 12.6. The lowest BCUT2D eigenvalue weighted by Gasteiger charge is -2.32. The van der Waals surface area contributed by atoms with E-state index in [0.717, 1.165) is 32.4 Å². The molecule has 2 heterocycles. The van der Waals surface area contributed by atoms with Crippen molar-refractivity contribution in [2.24, 2.45) is 0 Å². The lowest BCUT2D eigenvalue weighted by atomic mass is 9.86. The van der Waals surface area contributed by atoms with E-state index in [1.54, 1.807) is 12.7 Å². The van der Waals surface area contributed by atoms with E-state index in [0.29, 0.717) is 6.42 Å². The van der Waals surface area contributed by atoms with Gasteiger partial charge in [-0.3, -0.25) is 4.79 Å². The summed E-state index contributed by atoms with van der Waals surface area (Å²) >= 11 is 0. The van der Waals surface area contributed by atoms with Gasteiger partial charge in [0.1, 0.15) is 12.7 Å². The Bertz CT molecular complexity index is 685. The Labute approximate surface area is 150 Å². The number of aromatic nitrogens is 3. The minimum atomic E-state index is 0.165. The topological polar surface area (TPSA) is 51.0 Å². The van der Waals surface area contributed by atoms with Crippen molar-refractivity contribution in [1.82, 2.24) is 19.7 Å². The summed E-state index contributed by atoms with van der Waals surface area (Å²) in [6.07, 6.45) is 6.75. The SMILES string of the molecule is CC(C)(C)c1ccc(CCC(=O)N2CCCC(n3cncn3)C2)cc1. The molecule has 0 spiro atoms. The zero-order valence-corrected chi connectivity index (χ0v) is 15.5. The number of nitrogens with zero attached hydrogens (tertiary/aromatic N) is 4. The minimum absolute atomic E-state index is 0.165. The highest BCUT2D eigenvalue weighted by molar-refractivity contribution is 5.76. The van der Waals surface area contributed by atoms with E-state index in [-0.39, 0.29) is 17.4 Å². The third-order valence-electron chi connectivity index (χ3n) is 5.01. The number of hydrogen-bond acceptors (Lipinski definition) is 3. The zero-order chi connectivity index (χ0) is 17.9. The summed E-state index contributed by atoms with van der Waals surface area (Å²) in [6.45, 7) is 8.24. The van der Waals surface area contributed by atoms with Crippen LogP contribution in [0.5, 0.6) is 0 Å². The molecule has 1 unspecified atom stereocenters. The zero-order valence-electron chi connectivity index (χ0n) is 15.5. The lowest BCUT2D eigenvalue weighted by molar-refractivity contribution is -0.132. The van der Waals surface area contributed by atoms with Gasteiger partial charge in [-0.15, -0.1) is 0 Å². The van der Waals surface area contributed by atoms with E-state index < -0.39 is 0 Å². The predicted octanol–water partition coefficient (Wildman–Crippen LogP) is 3.37. The second-order valence-corrected chi connectivity index (χ2v) is 7.96. The monoisotopic (exact) mass is 340 g/mol. The molecule has 134 valence electrons. The molecule has 2 aromatic rings. The van der Waals surface area contributed by atoms with Gasteiger partial charge in [0.05, 0.1) is 6.04 Å². The molecule has 25 heavy (non-hydrogen) atoms. The first-order valence-electron chi connectivity index (χ1n) is 9.15. The van der Waals surface area contributed by atoms with Crippen LogP contribution in [0.15, 0.2) is 36.9 Å². The Hall–Kier alpha value is -2.17. The minimum Gasteiger partial charge on any atom is -0.341 e. The fraction of sp³-hybridized carbons (Fsp3) is 0.550. The maximum absolute atomic E-state index is 12.6. The van der Waals surface area contributed by atoms with Crippen molar-refractivity contribution >= 4 is 5.91 Å². The average Bonchev–Trinajstić information content (AvgIpc) is 3.14. The number of amides is 1. The highest BCUT2D eigenvalue weighted by Crippen LogP contribution is 2.23. The third-order valence-corrected chi connectivity index (χ3v) is 5.01. The Balaban J connectivity index is 1.53. The van der Waals surface area contributed by atoms with Gasteiger partial charge in [0.25, 0.3) is 0 Å². The van der Waals surface area contributed by atoms with Crippen molar-refractivity contribution in [2.45, 2.75) is 57.9 Å². The van der Waals surface area contributed by atoms with E-state index in [2.05, 4.69) is 55.1 Å². The van der Waals surface area contributed by atoms with Gasteiger partial charge in [0.2, 0.25) is 5.91 Å². The van der Waals surface area contributed by atoms with Crippen LogP contribution in [0.2, 0.25) is 0 Å². The number of benzene rings is 1. The normalized spacial score (nSPS) is 18.4. The molecule has 1 aliphatic rings. The van der Waals surface area contributed by atoms with Crippen LogP contribution in [0, 0.1) is 0 Å². The number of carbonyl (C=O) groups is 1. The Morgan fingerprint density at radius 2 is 2.00 bits per heavy atom. The molecular formula is C20H28N4O. The van der Waals surface area contributed by atoms with Crippen LogP contribution in [0.25, 0.3) is 0 Å². The summed E-state index contributed by atoms with van der Waals surface area (Å²) in [5.41, 5.74) is 2.72. The van der Waals surface area contributed by atoms with Crippen molar-refractivity contribution in [3.05, 3.63) is 48.0 Å². The van der Waals surface area contributed by atoms with Crippen molar-refractivity contribution in [1.29, 1.82) is 0 Å². The van der Waals surface area contributed by atoms with Gasteiger partial charge in [0, 0.05) is 19.5 Å². The average molecular weight is 340 g/mol.